The van der Waals surface area contributed by atoms with Crippen LogP contribution in [0.1, 0.15) is 29.8 Å². The van der Waals surface area contributed by atoms with Crippen molar-refractivity contribution in [1.82, 2.24) is 20.6 Å². The molecule has 3 aromatic rings. The van der Waals surface area contributed by atoms with Gasteiger partial charge in [0, 0.05) is 24.7 Å². The second-order valence-electron chi connectivity index (χ2n) is 6.11. The summed E-state index contributed by atoms with van der Waals surface area (Å²) in [4.78, 5) is 13.4. The van der Waals surface area contributed by atoms with E-state index in [9.17, 15) is 0 Å². The molecule has 0 radical (unpaired) electrons. The first kappa shape index (κ1) is 17.9. The molecule has 3 rings (SSSR count). The van der Waals surface area contributed by atoms with E-state index in [0.717, 1.165) is 42.4 Å². The Morgan fingerprint density at radius 1 is 1.15 bits per heavy atom. The molecular weight excluding hydrogens is 326 g/mol. The van der Waals surface area contributed by atoms with Crippen LogP contribution in [0.15, 0.2) is 45.9 Å². The maximum absolute atomic E-state index is 5.58. The molecule has 0 aliphatic heterocycles. The fraction of sp³-hybridized carbons (Fsp3) is 0.350. The third kappa shape index (κ3) is 4.39. The molecule has 0 spiro atoms. The summed E-state index contributed by atoms with van der Waals surface area (Å²) >= 11 is 0. The standard InChI is InChI=1S/C20H25N5O/c1-4-21-20(24-13-18-25-14(2)15(3)26-18)23-12-10-17-8-5-7-16-9-6-11-22-19(16)17/h5-9,11H,4,10,12-13H2,1-3H3,(H2,21,23,24). The van der Waals surface area contributed by atoms with Crippen molar-refractivity contribution in [2.75, 3.05) is 13.1 Å². The Kier molecular flexibility index (Phi) is 5.84. The minimum Gasteiger partial charge on any atom is -0.444 e. The zero-order chi connectivity index (χ0) is 18.4. The number of hydrogen-bond acceptors (Lipinski definition) is 4. The highest BCUT2D eigenvalue weighted by molar-refractivity contribution is 5.82. The van der Waals surface area contributed by atoms with Gasteiger partial charge >= 0.3 is 0 Å². The molecule has 0 aliphatic rings. The van der Waals surface area contributed by atoms with Crippen LogP contribution in [0.25, 0.3) is 10.9 Å². The molecule has 6 nitrogen and oxygen atoms in total. The van der Waals surface area contributed by atoms with E-state index in [1.54, 1.807) is 0 Å². The van der Waals surface area contributed by atoms with Crippen LogP contribution in [0.4, 0.5) is 0 Å². The predicted molar refractivity (Wildman–Crippen MR) is 104 cm³/mol. The Bertz CT molecular complexity index is 875. The normalized spacial score (nSPS) is 11.7. The van der Waals surface area contributed by atoms with Gasteiger partial charge in [0.1, 0.15) is 12.3 Å². The Morgan fingerprint density at radius 3 is 2.77 bits per heavy atom. The number of oxazole rings is 1. The van der Waals surface area contributed by atoms with Crippen LogP contribution < -0.4 is 10.6 Å². The van der Waals surface area contributed by atoms with E-state index in [-0.39, 0.29) is 0 Å². The molecule has 0 aliphatic carbocycles. The summed E-state index contributed by atoms with van der Waals surface area (Å²) in [5, 5.41) is 7.79. The summed E-state index contributed by atoms with van der Waals surface area (Å²) in [6.45, 7) is 7.88. The molecule has 0 atom stereocenters. The highest BCUT2D eigenvalue weighted by Gasteiger charge is 2.06. The number of benzene rings is 1. The smallest absolute Gasteiger partial charge is 0.216 e. The van der Waals surface area contributed by atoms with Crippen molar-refractivity contribution >= 4 is 16.9 Å². The molecule has 2 aromatic heterocycles. The lowest BCUT2D eigenvalue weighted by Crippen LogP contribution is -2.38. The number of hydrogen-bond donors (Lipinski definition) is 2. The van der Waals surface area contributed by atoms with E-state index in [1.165, 1.54) is 10.9 Å². The van der Waals surface area contributed by atoms with Gasteiger partial charge in [0.25, 0.3) is 0 Å². The third-order valence-corrected chi connectivity index (χ3v) is 4.19. The number of rotatable bonds is 6. The lowest BCUT2D eigenvalue weighted by Gasteiger charge is -2.11. The van der Waals surface area contributed by atoms with Crippen LogP contribution in [0.5, 0.6) is 0 Å². The van der Waals surface area contributed by atoms with Crippen LogP contribution in [0.3, 0.4) is 0 Å². The van der Waals surface area contributed by atoms with Gasteiger partial charge in [0.2, 0.25) is 5.89 Å². The minimum atomic E-state index is 0.417. The molecular formula is C20H25N5O. The maximum atomic E-state index is 5.58. The Labute approximate surface area is 153 Å². The molecule has 0 saturated heterocycles. The summed E-state index contributed by atoms with van der Waals surface area (Å²) in [6, 6.07) is 10.3. The summed E-state index contributed by atoms with van der Waals surface area (Å²) in [7, 11) is 0. The van der Waals surface area contributed by atoms with E-state index < -0.39 is 0 Å². The maximum Gasteiger partial charge on any atom is 0.216 e. The largest absolute Gasteiger partial charge is 0.444 e. The van der Waals surface area contributed by atoms with Crippen LogP contribution in [0.2, 0.25) is 0 Å². The van der Waals surface area contributed by atoms with Crippen molar-refractivity contribution in [3.63, 3.8) is 0 Å². The molecule has 0 saturated carbocycles. The van der Waals surface area contributed by atoms with Crippen molar-refractivity contribution in [3.8, 4) is 0 Å². The first-order valence-electron chi connectivity index (χ1n) is 8.95. The minimum absolute atomic E-state index is 0.417. The number of nitrogens with zero attached hydrogens (tertiary/aromatic N) is 3. The van der Waals surface area contributed by atoms with Crippen LogP contribution in [0, 0.1) is 13.8 Å². The number of nitrogens with one attached hydrogen (secondary N) is 2. The Hall–Kier alpha value is -2.89. The highest BCUT2D eigenvalue weighted by Crippen LogP contribution is 2.16. The molecule has 0 amide bonds. The average molecular weight is 351 g/mol. The fourth-order valence-corrected chi connectivity index (χ4v) is 2.78. The van der Waals surface area contributed by atoms with Gasteiger partial charge < -0.3 is 15.1 Å². The summed E-state index contributed by atoms with van der Waals surface area (Å²) in [5.41, 5.74) is 3.20. The summed E-state index contributed by atoms with van der Waals surface area (Å²) in [6.07, 6.45) is 2.71. The van der Waals surface area contributed by atoms with E-state index in [0.29, 0.717) is 12.4 Å². The number of pyridine rings is 1. The zero-order valence-corrected chi connectivity index (χ0v) is 15.5. The summed E-state index contributed by atoms with van der Waals surface area (Å²) < 4.78 is 5.58. The van der Waals surface area contributed by atoms with Crippen LogP contribution in [-0.2, 0) is 13.0 Å². The van der Waals surface area contributed by atoms with E-state index in [1.807, 2.05) is 33.0 Å². The lowest BCUT2D eigenvalue weighted by molar-refractivity contribution is 0.473. The third-order valence-electron chi connectivity index (χ3n) is 4.19. The first-order chi connectivity index (χ1) is 12.7. The second-order valence-corrected chi connectivity index (χ2v) is 6.11. The van der Waals surface area contributed by atoms with E-state index in [4.69, 9.17) is 4.42 Å². The number of fused-ring (bicyclic) bond motifs is 1. The van der Waals surface area contributed by atoms with Crippen molar-refractivity contribution in [1.29, 1.82) is 0 Å². The van der Waals surface area contributed by atoms with Crippen molar-refractivity contribution in [2.24, 2.45) is 4.99 Å². The van der Waals surface area contributed by atoms with Gasteiger partial charge in [-0.15, -0.1) is 0 Å². The second kappa shape index (κ2) is 8.47. The summed E-state index contributed by atoms with van der Waals surface area (Å²) in [5.74, 6) is 2.24. The zero-order valence-electron chi connectivity index (χ0n) is 15.5. The molecule has 2 heterocycles. The van der Waals surface area contributed by atoms with E-state index in [2.05, 4.69) is 49.9 Å². The van der Waals surface area contributed by atoms with Crippen molar-refractivity contribution in [2.45, 2.75) is 33.7 Å². The van der Waals surface area contributed by atoms with Gasteiger partial charge in [0.05, 0.1) is 11.2 Å². The van der Waals surface area contributed by atoms with Gasteiger partial charge in [-0.1, -0.05) is 24.3 Å². The van der Waals surface area contributed by atoms with Gasteiger partial charge in [-0.2, -0.15) is 0 Å². The first-order valence-corrected chi connectivity index (χ1v) is 8.95. The molecule has 0 bridgehead atoms. The SMILES string of the molecule is CCNC(=NCc1nc(C)c(C)o1)NCCc1cccc2cccnc12. The number of aryl methyl sites for hydroxylation is 2. The van der Waals surface area contributed by atoms with Gasteiger partial charge in [0.15, 0.2) is 5.96 Å². The topological polar surface area (TPSA) is 75.3 Å². The van der Waals surface area contributed by atoms with Crippen molar-refractivity contribution in [3.05, 3.63) is 59.4 Å². The molecule has 0 fully saturated rings. The molecule has 2 N–H and O–H groups in total. The molecule has 6 heteroatoms. The van der Waals surface area contributed by atoms with Gasteiger partial charge in [-0.3, -0.25) is 4.98 Å². The molecule has 136 valence electrons. The number of aliphatic imine (C=N–C) groups is 1. The monoisotopic (exact) mass is 351 g/mol. The van der Waals surface area contributed by atoms with E-state index >= 15 is 0 Å². The quantitative estimate of drug-likeness (QED) is 0.527. The fourth-order valence-electron chi connectivity index (χ4n) is 2.78. The molecule has 0 unspecified atom stereocenters. The molecule has 26 heavy (non-hydrogen) atoms. The lowest BCUT2D eigenvalue weighted by atomic mass is 10.1. The number of guanidine groups is 1. The van der Waals surface area contributed by atoms with Gasteiger partial charge in [-0.25, -0.2) is 9.98 Å². The van der Waals surface area contributed by atoms with Crippen LogP contribution in [-0.4, -0.2) is 29.0 Å². The number of aromatic nitrogens is 2. The van der Waals surface area contributed by atoms with Crippen LogP contribution >= 0.6 is 0 Å². The van der Waals surface area contributed by atoms with Crippen molar-refractivity contribution < 1.29 is 4.42 Å². The number of para-hydroxylation sites is 1. The van der Waals surface area contributed by atoms with Gasteiger partial charge in [-0.05, 0) is 38.8 Å². The highest BCUT2D eigenvalue weighted by atomic mass is 16.4. The Balaban J connectivity index is 1.62. The Morgan fingerprint density at radius 2 is 2.00 bits per heavy atom. The average Bonchev–Trinajstić information content (AvgIpc) is 2.97. The predicted octanol–water partition coefficient (Wildman–Crippen LogP) is 3.14. The molecule has 1 aromatic carbocycles.